The highest BCUT2D eigenvalue weighted by Gasteiger charge is 2.09. The van der Waals surface area contributed by atoms with E-state index in [1.807, 2.05) is 12.1 Å². The molecule has 0 heterocycles. The second-order valence-electron chi connectivity index (χ2n) is 4.66. The van der Waals surface area contributed by atoms with Crippen LogP contribution in [0.1, 0.15) is 38.2 Å². The lowest BCUT2D eigenvalue weighted by Crippen LogP contribution is -1.99. The molecular weight excluding hydrogens is 211 g/mol. The van der Waals surface area contributed by atoms with E-state index in [0.29, 0.717) is 5.92 Å². The molecule has 2 rings (SSSR count). The van der Waals surface area contributed by atoms with Crippen molar-refractivity contribution < 1.29 is 4.39 Å². The lowest BCUT2D eigenvalue weighted by Gasteiger charge is -2.16. The molecule has 0 N–H and O–H groups in total. The summed E-state index contributed by atoms with van der Waals surface area (Å²) >= 11 is 0. The van der Waals surface area contributed by atoms with Crippen molar-refractivity contribution in [1.29, 1.82) is 0 Å². The van der Waals surface area contributed by atoms with Gasteiger partial charge in [-0.25, -0.2) is 4.39 Å². The Bertz CT molecular complexity index is 412. The predicted octanol–water partition coefficient (Wildman–Crippen LogP) is 4.98. The number of hydrogen-bond acceptors (Lipinski definition) is 0. The lowest BCUT2D eigenvalue weighted by molar-refractivity contribution is 0.558. The van der Waals surface area contributed by atoms with Crippen LogP contribution in [-0.2, 0) is 0 Å². The molecule has 0 fully saturated rings. The molecule has 0 amide bonds. The number of rotatable bonds is 4. The Hall–Kier alpha value is -1.37. The van der Waals surface area contributed by atoms with Gasteiger partial charge in [0.15, 0.2) is 0 Å². The maximum Gasteiger partial charge on any atom is 0.123 e. The quantitative estimate of drug-likeness (QED) is 0.684. The van der Waals surface area contributed by atoms with Crippen LogP contribution in [0.3, 0.4) is 0 Å². The van der Waals surface area contributed by atoms with Crippen LogP contribution < -0.4 is 0 Å². The van der Waals surface area contributed by atoms with Gasteiger partial charge in [0.05, 0.1) is 0 Å². The minimum atomic E-state index is -0.171. The van der Waals surface area contributed by atoms with Crippen LogP contribution in [0.15, 0.2) is 42.5 Å². The molecule has 17 heavy (non-hydrogen) atoms. The molecular formula is C16H19F. The standard InChI is InChI=1S/C16H19F/c1-2-3-4-13-5-7-14(8-6-13)15-9-11-16(17)12-10-15/h5,7-13H,2-4,6H2,1H3. The summed E-state index contributed by atoms with van der Waals surface area (Å²) in [6.07, 6.45) is 11.7. The molecule has 0 nitrogen and oxygen atoms in total. The van der Waals surface area contributed by atoms with Crippen molar-refractivity contribution in [2.75, 3.05) is 0 Å². The summed E-state index contributed by atoms with van der Waals surface area (Å²) in [5.41, 5.74) is 2.33. The molecule has 1 aliphatic carbocycles. The molecule has 90 valence electrons. The summed E-state index contributed by atoms with van der Waals surface area (Å²) in [7, 11) is 0. The van der Waals surface area contributed by atoms with E-state index in [2.05, 4.69) is 25.2 Å². The van der Waals surface area contributed by atoms with Crippen LogP contribution in [0, 0.1) is 11.7 Å². The average Bonchev–Trinajstić information content (AvgIpc) is 2.38. The molecule has 0 aliphatic heterocycles. The van der Waals surface area contributed by atoms with Crippen LogP contribution >= 0.6 is 0 Å². The van der Waals surface area contributed by atoms with E-state index >= 15 is 0 Å². The summed E-state index contributed by atoms with van der Waals surface area (Å²) < 4.78 is 12.8. The zero-order chi connectivity index (χ0) is 12.1. The summed E-state index contributed by atoms with van der Waals surface area (Å²) in [6.45, 7) is 2.23. The molecule has 0 aromatic heterocycles. The fourth-order valence-corrected chi connectivity index (χ4v) is 2.20. The Balaban J connectivity index is 1.99. The molecule has 0 saturated carbocycles. The fourth-order valence-electron chi connectivity index (χ4n) is 2.20. The Kier molecular flexibility index (Phi) is 4.13. The van der Waals surface area contributed by atoms with Crippen molar-refractivity contribution in [3.8, 4) is 0 Å². The fraction of sp³-hybridized carbons (Fsp3) is 0.375. The van der Waals surface area contributed by atoms with Crippen LogP contribution in [0.25, 0.3) is 5.57 Å². The maximum absolute atomic E-state index is 12.8. The normalized spacial score (nSPS) is 19.2. The van der Waals surface area contributed by atoms with E-state index in [1.165, 1.54) is 37.0 Å². The minimum Gasteiger partial charge on any atom is -0.207 e. The van der Waals surface area contributed by atoms with Gasteiger partial charge < -0.3 is 0 Å². The number of hydrogen-bond donors (Lipinski definition) is 0. The van der Waals surface area contributed by atoms with Crippen molar-refractivity contribution in [1.82, 2.24) is 0 Å². The van der Waals surface area contributed by atoms with Gasteiger partial charge in [-0.1, -0.05) is 50.1 Å². The first-order valence-corrected chi connectivity index (χ1v) is 6.44. The number of unbranched alkanes of at least 4 members (excludes halogenated alkanes) is 1. The van der Waals surface area contributed by atoms with Gasteiger partial charge in [-0.15, -0.1) is 0 Å². The van der Waals surface area contributed by atoms with Crippen molar-refractivity contribution in [2.24, 2.45) is 5.92 Å². The Morgan fingerprint density at radius 2 is 2.00 bits per heavy atom. The second-order valence-corrected chi connectivity index (χ2v) is 4.66. The molecule has 1 atom stereocenters. The van der Waals surface area contributed by atoms with Crippen molar-refractivity contribution >= 4 is 5.57 Å². The van der Waals surface area contributed by atoms with Crippen molar-refractivity contribution in [3.05, 3.63) is 53.9 Å². The molecule has 1 unspecified atom stereocenters. The second kappa shape index (κ2) is 5.81. The first-order chi connectivity index (χ1) is 8.29. The van der Waals surface area contributed by atoms with E-state index in [9.17, 15) is 4.39 Å². The third-order valence-corrected chi connectivity index (χ3v) is 3.29. The smallest absolute Gasteiger partial charge is 0.123 e. The SMILES string of the molecule is CCCCC1C=CC(c2ccc(F)cc2)=CC1. The Morgan fingerprint density at radius 3 is 2.59 bits per heavy atom. The van der Waals surface area contributed by atoms with E-state index in [1.54, 1.807) is 0 Å². The van der Waals surface area contributed by atoms with E-state index in [4.69, 9.17) is 0 Å². The van der Waals surface area contributed by atoms with Crippen LogP contribution in [-0.4, -0.2) is 0 Å². The highest BCUT2D eigenvalue weighted by atomic mass is 19.1. The van der Waals surface area contributed by atoms with E-state index in [-0.39, 0.29) is 5.82 Å². The van der Waals surface area contributed by atoms with E-state index < -0.39 is 0 Å². The molecule has 1 heteroatoms. The third-order valence-electron chi connectivity index (χ3n) is 3.29. The maximum atomic E-state index is 12.8. The molecule has 0 saturated heterocycles. The van der Waals surface area contributed by atoms with Crippen LogP contribution in [0.2, 0.25) is 0 Å². The van der Waals surface area contributed by atoms with Gasteiger partial charge in [0.25, 0.3) is 0 Å². The Labute approximate surface area is 103 Å². The topological polar surface area (TPSA) is 0 Å². The van der Waals surface area contributed by atoms with Gasteiger partial charge in [-0.2, -0.15) is 0 Å². The minimum absolute atomic E-state index is 0.171. The molecule has 0 spiro atoms. The Morgan fingerprint density at radius 1 is 1.24 bits per heavy atom. The molecule has 0 bridgehead atoms. The van der Waals surface area contributed by atoms with Gasteiger partial charge in [0.1, 0.15) is 5.82 Å². The van der Waals surface area contributed by atoms with Crippen molar-refractivity contribution in [2.45, 2.75) is 32.6 Å². The number of allylic oxidation sites excluding steroid dienone is 4. The van der Waals surface area contributed by atoms with Gasteiger partial charge in [-0.05, 0) is 42.0 Å². The molecule has 1 aromatic carbocycles. The first kappa shape index (κ1) is 12.1. The average molecular weight is 230 g/mol. The molecule has 1 aromatic rings. The number of halogens is 1. The van der Waals surface area contributed by atoms with Gasteiger partial charge in [-0.3, -0.25) is 0 Å². The zero-order valence-electron chi connectivity index (χ0n) is 10.3. The zero-order valence-corrected chi connectivity index (χ0v) is 10.3. The molecule has 0 radical (unpaired) electrons. The van der Waals surface area contributed by atoms with E-state index in [0.717, 1.165) is 12.0 Å². The summed E-state index contributed by atoms with van der Waals surface area (Å²) in [5, 5.41) is 0. The van der Waals surface area contributed by atoms with Gasteiger partial charge >= 0.3 is 0 Å². The summed E-state index contributed by atoms with van der Waals surface area (Å²) in [6, 6.07) is 6.73. The first-order valence-electron chi connectivity index (χ1n) is 6.44. The van der Waals surface area contributed by atoms with Crippen molar-refractivity contribution in [3.63, 3.8) is 0 Å². The number of benzene rings is 1. The highest BCUT2D eigenvalue weighted by Crippen LogP contribution is 2.26. The summed E-state index contributed by atoms with van der Waals surface area (Å²) in [5.74, 6) is 0.522. The predicted molar refractivity (Wildman–Crippen MR) is 71.1 cm³/mol. The van der Waals surface area contributed by atoms with Crippen LogP contribution in [0.4, 0.5) is 4.39 Å². The molecule has 1 aliphatic rings. The largest absolute Gasteiger partial charge is 0.207 e. The third kappa shape index (κ3) is 3.29. The van der Waals surface area contributed by atoms with Gasteiger partial charge in [0, 0.05) is 0 Å². The lowest BCUT2D eigenvalue weighted by atomic mass is 9.90. The highest BCUT2D eigenvalue weighted by molar-refractivity contribution is 5.74. The van der Waals surface area contributed by atoms with Gasteiger partial charge in [0.2, 0.25) is 0 Å². The summed E-state index contributed by atoms with van der Waals surface area (Å²) in [4.78, 5) is 0. The monoisotopic (exact) mass is 230 g/mol. The van der Waals surface area contributed by atoms with Crippen LogP contribution in [0.5, 0.6) is 0 Å².